The van der Waals surface area contributed by atoms with Gasteiger partial charge in [-0.25, -0.2) is 0 Å². The van der Waals surface area contributed by atoms with E-state index in [-0.39, 0.29) is 6.04 Å². The largest absolute Gasteiger partial charge is 0.497 e. The average Bonchev–Trinajstić information content (AvgIpc) is 2.59. The minimum atomic E-state index is 0.0378. The number of fused-ring (bicyclic) bond motifs is 1. The Morgan fingerprint density at radius 1 is 1.43 bits per heavy atom. The van der Waals surface area contributed by atoms with E-state index in [0.717, 1.165) is 22.2 Å². The molecule has 0 spiro atoms. The van der Waals surface area contributed by atoms with Crippen LogP contribution in [0.1, 0.15) is 18.5 Å². The molecule has 1 heterocycles. The van der Waals surface area contributed by atoms with Gasteiger partial charge in [0.05, 0.1) is 7.11 Å². The van der Waals surface area contributed by atoms with Crippen LogP contribution in [0.4, 0.5) is 0 Å². The van der Waals surface area contributed by atoms with E-state index in [0.29, 0.717) is 0 Å². The number of nitrogens with one attached hydrogen (secondary N) is 1. The van der Waals surface area contributed by atoms with Crippen LogP contribution in [0.2, 0.25) is 0 Å². The van der Waals surface area contributed by atoms with Crippen molar-refractivity contribution in [1.82, 2.24) is 4.98 Å². The number of hydrogen-bond donors (Lipinski definition) is 2. The summed E-state index contributed by atoms with van der Waals surface area (Å²) in [4.78, 5) is 3.19. The highest BCUT2D eigenvalue weighted by Gasteiger charge is 2.07. The maximum atomic E-state index is 5.85. The van der Waals surface area contributed by atoms with Crippen molar-refractivity contribution < 1.29 is 4.74 Å². The van der Waals surface area contributed by atoms with Gasteiger partial charge in [0.15, 0.2) is 0 Å². The van der Waals surface area contributed by atoms with Crippen molar-refractivity contribution in [2.75, 3.05) is 7.11 Å². The number of benzene rings is 1. The summed E-state index contributed by atoms with van der Waals surface area (Å²) in [7, 11) is 1.67. The van der Waals surface area contributed by atoms with Crippen LogP contribution in [0.15, 0.2) is 24.4 Å². The molecule has 0 bridgehead atoms. The van der Waals surface area contributed by atoms with Crippen LogP contribution in [0.3, 0.4) is 0 Å². The van der Waals surface area contributed by atoms with Crippen LogP contribution in [-0.2, 0) is 0 Å². The molecular weight excluding hydrogens is 176 g/mol. The van der Waals surface area contributed by atoms with Gasteiger partial charge in [0.2, 0.25) is 0 Å². The Bertz CT molecular complexity index is 445. The minimum absolute atomic E-state index is 0.0378. The molecular formula is C11H14N2O. The Morgan fingerprint density at radius 3 is 2.86 bits per heavy atom. The van der Waals surface area contributed by atoms with Gasteiger partial charge in [-0.2, -0.15) is 0 Å². The first-order chi connectivity index (χ1) is 6.72. The summed E-state index contributed by atoms with van der Waals surface area (Å²) >= 11 is 0. The topological polar surface area (TPSA) is 51.0 Å². The highest BCUT2D eigenvalue weighted by molar-refractivity contribution is 5.85. The average molecular weight is 190 g/mol. The molecule has 2 aromatic rings. The second kappa shape index (κ2) is 3.35. The molecule has 0 saturated carbocycles. The number of ether oxygens (including phenoxy) is 1. The molecule has 2 rings (SSSR count). The molecule has 14 heavy (non-hydrogen) atoms. The van der Waals surface area contributed by atoms with E-state index in [4.69, 9.17) is 10.5 Å². The molecule has 3 heteroatoms. The van der Waals surface area contributed by atoms with Crippen molar-refractivity contribution in [3.63, 3.8) is 0 Å². The first-order valence-electron chi connectivity index (χ1n) is 4.63. The zero-order valence-corrected chi connectivity index (χ0v) is 8.37. The lowest BCUT2D eigenvalue weighted by Gasteiger charge is -2.04. The zero-order valence-electron chi connectivity index (χ0n) is 8.37. The molecule has 74 valence electrons. The third-order valence-corrected chi connectivity index (χ3v) is 2.41. The summed E-state index contributed by atoms with van der Waals surface area (Å²) in [5.41, 5.74) is 8.07. The van der Waals surface area contributed by atoms with E-state index in [2.05, 4.69) is 4.98 Å². The summed E-state index contributed by atoms with van der Waals surface area (Å²) < 4.78 is 5.17. The Labute approximate surface area is 82.9 Å². The summed E-state index contributed by atoms with van der Waals surface area (Å²) in [5.74, 6) is 0.860. The third kappa shape index (κ3) is 1.36. The van der Waals surface area contributed by atoms with Crippen LogP contribution in [0.5, 0.6) is 5.75 Å². The van der Waals surface area contributed by atoms with Gasteiger partial charge in [0.25, 0.3) is 0 Å². The van der Waals surface area contributed by atoms with Crippen molar-refractivity contribution in [3.8, 4) is 5.75 Å². The molecule has 3 nitrogen and oxygen atoms in total. The summed E-state index contributed by atoms with van der Waals surface area (Å²) in [5, 5.41) is 1.14. The van der Waals surface area contributed by atoms with E-state index in [1.165, 1.54) is 0 Å². The van der Waals surface area contributed by atoms with Gasteiger partial charge in [-0.05, 0) is 30.7 Å². The van der Waals surface area contributed by atoms with Crippen molar-refractivity contribution >= 4 is 10.9 Å². The van der Waals surface area contributed by atoms with Gasteiger partial charge in [-0.15, -0.1) is 0 Å². The quantitative estimate of drug-likeness (QED) is 0.762. The zero-order chi connectivity index (χ0) is 10.1. The van der Waals surface area contributed by atoms with Crippen LogP contribution in [0.25, 0.3) is 10.9 Å². The SMILES string of the molecule is COc1ccc2[nH]cc([C@@H](C)N)c2c1. The smallest absolute Gasteiger partial charge is 0.119 e. The molecule has 0 unspecified atom stereocenters. The number of nitrogens with two attached hydrogens (primary N) is 1. The predicted molar refractivity (Wildman–Crippen MR) is 57.5 cm³/mol. The lowest BCUT2D eigenvalue weighted by molar-refractivity contribution is 0.415. The van der Waals surface area contributed by atoms with Crippen molar-refractivity contribution in [3.05, 3.63) is 30.0 Å². The van der Waals surface area contributed by atoms with E-state index in [9.17, 15) is 0 Å². The molecule has 1 aromatic heterocycles. The highest BCUT2D eigenvalue weighted by Crippen LogP contribution is 2.26. The molecule has 0 aliphatic rings. The van der Waals surface area contributed by atoms with Gasteiger partial charge >= 0.3 is 0 Å². The van der Waals surface area contributed by atoms with Gasteiger partial charge in [0.1, 0.15) is 5.75 Å². The summed E-state index contributed by atoms with van der Waals surface area (Å²) in [6.07, 6.45) is 1.95. The maximum absolute atomic E-state index is 5.85. The Balaban J connectivity index is 2.63. The number of methoxy groups -OCH3 is 1. The molecule has 0 fully saturated rings. The van der Waals surface area contributed by atoms with Crippen LogP contribution in [0, 0.1) is 0 Å². The number of rotatable bonds is 2. The van der Waals surface area contributed by atoms with Crippen LogP contribution < -0.4 is 10.5 Å². The molecule has 0 saturated heterocycles. The van der Waals surface area contributed by atoms with Crippen molar-refractivity contribution in [1.29, 1.82) is 0 Å². The van der Waals surface area contributed by atoms with Gasteiger partial charge in [-0.1, -0.05) is 0 Å². The fourth-order valence-corrected chi connectivity index (χ4v) is 1.63. The number of aromatic nitrogens is 1. The highest BCUT2D eigenvalue weighted by atomic mass is 16.5. The monoisotopic (exact) mass is 190 g/mol. The van der Waals surface area contributed by atoms with Crippen LogP contribution >= 0.6 is 0 Å². The number of hydrogen-bond acceptors (Lipinski definition) is 2. The summed E-state index contributed by atoms with van der Waals surface area (Å²) in [6, 6.07) is 5.98. The Morgan fingerprint density at radius 2 is 2.21 bits per heavy atom. The standard InChI is InChI=1S/C11H14N2O/c1-7(12)10-6-13-11-4-3-8(14-2)5-9(10)11/h3-7,13H,12H2,1-2H3/t7-/m1/s1. The van der Waals surface area contributed by atoms with E-state index in [1.54, 1.807) is 7.11 Å². The third-order valence-electron chi connectivity index (χ3n) is 2.41. The Hall–Kier alpha value is -1.48. The van der Waals surface area contributed by atoms with Gasteiger partial charge in [-0.3, -0.25) is 0 Å². The Kier molecular flexibility index (Phi) is 2.17. The normalized spacial score (nSPS) is 13.1. The fraction of sp³-hybridized carbons (Fsp3) is 0.273. The lowest BCUT2D eigenvalue weighted by Crippen LogP contribution is -2.03. The van der Waals surface area contributed by atoms with E-state index in [1.807, 2.05) is 31.3 Å². The van der Waals surface area contributed by atoms with Gasteiger partial charge in [0, 0.05) is 23.1 Å². The second-order valence-electron chi connectivity index (χ2n) is 3.44. The minimum Gasteiger partial charge on any atom is -0.497 e. The van der Waals surface area contributed by atoms with E-state index < -0.39 is 0 Å². The number of H-pyrrole nitrogens is 1. The predicted octanol–water partition coefficient (Wildman–Crippen LogP) is 2.20. The molecule has 0 radical (unpaired) electrons. The maximum Gasteiger partial charge on any atom is 0.119 e. The van der Waals surface area contributed by atoms with Gasteiger partial charge < -0.3 is 15.5 Å². The molecule has 3 N–H and O–H groups in total. The second-order valence-corrected chi connectivity index (χ2v) is 3.44. The first-order valence-corrected chi connectivity index (χ1v) is 4.63. The van der Waals surface area contributed by atoms with Crippen molar-refractivity contribution in [2.24, 2.45) is 5.73 Å². The van der Waals surface area contributed by atoms with Crippen molar-refractivity contribution in [2.45, 2.75) is 13.0 Å². The van der Waals surface area contributed by atoms with Crippen LogP contribution in [-0.4, -0.2) is 12.1 Å². The molecule has 1 aromatic carbocycles. The molecule has 0 aliphatic carbocycles. The number of aromatic amines is 1. The first kappa shape index (κ1) is 9.09. The van der Waals surface area contributed by atoms with E-state index >= 15 is 0 Å². The molecule has 1 atom stereocenters. The summed E-state index contributed by atoms with van der Waals surface area (Å²) in [6.45, 7) is 1.97. The molecule has 0 amide bonds. The lowest BCUT2D eigenvalue weighted by atomic mass is 10.1. The molecule has 0 aliphatic heterocycles. The fourth-order valence-electron chi connectivity index (χ4n) is 1.63.